The smallest absolute Gasteiger partial charge is 0.310 e. The number of hydrogen-bond acceptors (Lipinski definition) is 10. The molecule has 1 unspecified atom stereocenters. The number of hydrazine groups is 1. The van der Waals surface area contributed by atoms with Gasteiger partial charge in [-0.1, -0.05) is 52.5 Å². The van der Waals surface area contributed by atoms with Crippen molar-refractivity contribution in [3.63, 3.8) is 0 Å². The van der Waals surface area contributed by atoms with E-state index < -0.39 is 59.1 Å². The summed E-state index contributed by atoms with van der Waals surface area (Å²) in [6.45, 7) is 16.8. The van der Waals surface area contributed by atoms with Gasteiger partial charge in [0.05, 0.1) is 42.6 Å². The Balaban J connectivity index is 1.15. The molecule has 7 heterocycles. The molecule has 1 spiro atoms. The Labute approximate surface area is 413 Å². The van der Waals surface area contributed by atoms with Crippen LogP contribution in [0.3, 0.4) is 0 Å². The van der Waals surface area contributed by atoms with Crippen LogP contribution in [0.15, 0.2) is 67.4 Å². The van der Waals surface area contributed by atoms with Crippen LogP contribution in [0.4, 0.5) is 8.78 Å². The Morgan fingerprint density at radius 1 is 1.06 bits per heavy atom. The number of aryl methyl sites for hydroxylation is 1. The fourth-order valence-corrected chi connectivity index (χ4v) is 11.4. The Hall–Kier alpha value is -6.04. The van der Waals surface area contributed by atoms with Gasteiger partial charge in [0.1, 0.15) is 18.8 Å². The Morgan fingerprint density at radius 3 is 2.56 bits per heavy atom. The number of pyridine rings is 1. The van der Waals surface area contributed by atoms with Gasteiger partial charge in [0, 0.05) is 79.8 Å². The number of amides is 4. The van der Waals surface area contributed by atoms with Gasteiger partial charge in [-0.15, -0.1) is 0 Å². The minimum Gasteiger partial charge on any atom is -0.465 e. The highest BCUT2D eigenvalue weighted by molar-refractivity contribution is 5.97. The topological polar surface area (TPSA) is 156 Å². The maximum atomic E-state index is 15.1. The van der Waals surface area contributed by atoms with Crippen molar-refractivity contribution in [2.75, 3.05) is 46.6 Å². The molecule has 9 rings (SSSR count). The van der Waals surface area contributed by atoms with Crippen molar-refractivity contribution in [3.05, 3.63) is 89.8 Å². The molecule has 1 N–H and O–H groups in total. The van der Waals surface area contributed by atoms with Crippen LogP contribution in [0.1, 0.15) is 95.7 Å². The summed E-state index contributed by atoms with van der Waals surface area (Å²) < 4.78 is 50.6. The van der Waals surface area contributed by atoms with Gasteiger partial charge in [0.25, 0.3) is 18.2 Å². The van der Waals surface area contributed by atoms with E-state index in [2.05, 4.69) is 37.2 Å². The van der Waals surface area contributed by atoms with Crippen LogP contribution in [-0.2, 0) is 57.6 Å². The number of hydrogen-bond donors (Lipinski definition) is 1. The zero-order valence-electron chi connectivity index (χ0n) is 41.7. The summed E-state index contributed by atoms with van der Waals surface area (Å²) in [5, 5.41) is 7.32. The molecule has 2 aromatic carbocycles. The van der Waals surface area contributed by atoms with Gasteiger partial charge in [-0.05, 0) is 97.7 Å². The van der Waals surface area contributed by atoms with Crippen LogP contribution in [0, 0.1) is 17.3 Å². The van der Waals surface area contributed by atoms with Gasteiger partial charge in [-0.25, -0.2) is 13.8 Å². The Morgan fingerprint density at radius 2 is 1.85 bits per heavy atom. The fraction of sp³-hybridized carbons (Fsp3) is 0.519. The number of nitrogens with zero attached hydrogens (tertiary/aromatic N) is 6. The summed E-state index contributed by atoms with van der Waals surface area (Å²) in [6.07, 6.45) is 1.28. The lowest BCUT2D eigenvalue weighted by Crippen LogP contribution is -2.58. The van der Waals surface area contributed by atoms with Crippen LogP contribution in [0.5, 0.6) is 0 Å². The van der Waals surface area contributed by atoms with E-state index in [1.54, 1.807) is 38.2 Å². The first-order chi connectivity index (χ1) is 33.9. The van der Waals surface area contributed by atoms with Gasteiger partial charge in [-0.3, -0.25) is 34.0 Å². The molecule has 5 aliphatic rings. The second kappa shape index (κ2) is 19.5. The number of halogens is 2. The highest BCUT2D eigenvalue weighted by Gasteiger charge is 2.56. The number of esters is 1. The number of carbonyl (C=O) groups excluding carboxylic acids is 5. The normalized spacial score (nSPS) is 25.3. The number of benzene rings is 2. The Kier molecular flexibility index (Phi) is 13.7. The lowest BCUT2D eigenvalue weighted by Gasteiger charge is -2.33. The number of fused-ring (bicyclic) bond motifs is 4. The molecule has 6 bridgehead atoms. The largest absolute Gasteiger partial charge is 0.465 e. The third-order valence-electron chi connectivity index (χ3n) is 15.2. The monoisotopic (exact) mass is 977 g/mol. The van der Waals surface area contributed by atoms with Crippen LogP contribution in [-0.4, -0.2) is 129 Å². The third kappa shape index (κ3) is 9.36. The van der Waals surface area contributed by atoms with E-state index in [0.29, 0.717) is 49.0 Å². The van der Waals surface area contributed by atoms with Crippen LogP contribution < -0.4 is 5.32 Å². The number of cyclic esters (lactones) is 1. The standard InChI is InChI=1S/C54H65F2N7O8/c1-9-44(64)59-20-17-54(28-59)52(68)61(30-71-54)46(31(3)4)49(65)58-41-23-33-21-35(24-36(22-33)48(55)56)34-15-16-42-39(25-34)40(47(60(42)10-2)38-13-11-18-57-45(38)32(5)69-8)26-53(6,7)29-70-51(67)37-14-12-19-62(50(41)66)63-27-43(37)63/h9,11,13,15-16,18,21-22,24-25,31-32,37,41,43,46,48H,1,10,12,14,17,19-20,23,26-30H2,2-8H3,(H,58,65)/t32-,37+,41-,43+,46-,54+,63?/m0/s1. The molecule has 0 aliphatic carbocycles. The number of ether oxygens (including phenoxy) is 3. The molecular formula is C54H65F2N7O8. The molecule has 4 aromatic rings. The molecule has 0 saturated carbocycles. The van der Waals surface area contributed by atoms with Crippen molar-refractivity contribution >= 4 is 40.5 Å². The first-order valence-corrected chi connectivity index (χ1v) is 24.9. The number of rotatable bonds is 10. The van der Waals surface area contributed by atoms with Gasteiger partial charge >= 0.3 is 5.97 Å². The summed E-state index contributed by atoms with van der Waals surface area (Å²) in [5.74, 6) is -3.13. The number of alkyl halides is 2. The number of carbonyl (C=O) groups is 5. The van der Waals surface area contributed by atoms with Gasteiger partial charge in [-0.2, -0.15) is 0 Å². The Bertz CT molecular complexity index is 2780. The van der Waals surface area contributed by atoms with Crippen LogP contribution >= 0.6 is 0 Å². The molecule has 7 atom stereocenters. The molecule has 15 nitrogen and oxygen atoms in total. The molecule has 4 amide bonds. The highest BCUT2D eigenvalue weighted by atomic mass is 19.3. The second-order valence-electron chi connectivity index (χ2n) is 20.9. The third-order valence-corrected chi connectivity index (χ3v) is 15.2. The minimum atomic E-state index is -2.86. The van der Waals surface area contributed by atoms with Gasteiger partial charge in [0.2, 0.25) is 11.8 Å². The van der Waals surface area contributed by atoms with Gasteiger partial charge in [0.15, 0.2) is 5.60 Å². The maximum absolute atomic E-state index is 15.1. The van der Waals surface area contributed by atoms with Crippen molar-refractivity contribution in [3.8, 4) is 22.4 Å². The lowest BCUT2D eigenvalue weighted by atomic mass is 9.84. The number of methoxy groups -OCH3 is 1. The SMILES string of the molecule is C=CC(=O)N1CC[C@]2(C1)OCN([C@H](C(=O)N[C@H]1Cc3cc(cc(C(F)F)c3)-c3ccc4c(c3)c(c(-c3cccnc3[C@H](C)OC)n4CC)CC(C)(C)COC(=O)[C@@H]3CCCN(C1=O)N1C[C@H]31)C(C)C)C2=O. The first kappa shape index (κ1) is 49.9. The summed E-state index contributed by atoms with van der Waals surface area (Å²) in [5.41, 5.74) is 3.94. The molecule has 4 fully saturated rings. The number of aromatic nitrogens is 2. The van der Waals surface area contributed by atoms with Crippen molar-refractivity contribution in [2.45, 2.75) is 116 Å². The van der Waals surface area contributed by atoms with Crippen molar-refractivity contribution in [1.29, 1.82) is 0 Å². The minimum absolute atomic E-state index is 0.0146. The fourth-order valence-electron chi connectivity index (χ4n) is 11.4. The van der Waals surface area contributed by atoms with E-state index in [0.717, 1.165) is 33.4 Å². The van der Waals surface area contributed by atoms with Crippen molar-refractivity contribution < 1.29 is 47.0 Å². The van der Waals surface area contributed by atoms with E-state index >= 15 is 13.6 Å². The molecule has 17 heteroatoms. The lowest BCUT2D eigenvalue weighted by molar-refractivity contribution is -0.153. The summed E-state index contributed by atoms with van der Waals surface area (Å²) in [4.78, 5) is 78.5. The quantitative estimate of drug-likeness (QED) is 0.0996. The van der Waals surface area contributed by atoms with E-state index in [-0.39, 0.29) is 75.4 Å². The average Bonchev–Trinajstić information content (AvgIpc) is 3.83. The predicted octanol–water partition coefficient (Wildman–Crippen LogP) is 7.02. The zero-order valence-corrected chi connectivity index (χ0v) is 41.7. The molecule has 0 radical (unpaired) electrons. The summed E-state index contributed by atoms with van der Waals surface area (Å²) >= 11 is 0. The molecule has 5 aliphatic heterocycles. The van der Waals surface area contributed by atoms with E-state index in [1.165, 1.54) is 28.0 Å². The molecule has 71 heavy (non-hydrogen) atoms. The van der Waals surface area contributed by atoms with E-state index in [4.69, 9.17) is 19.2 Å². The van der Waals surface area contributed by atoms with Crippen LogP contribution in [0.25, 0.3) is 33.3 Å². The average molecular weight is 978 g/mol. The zero-order chi connectivity index (χ0) is 50.7. The van der Waals surface area contributed by atoms with Gasteiger partial charge < -0.3 is 33.9 Å². The number of nitrogens with one attached hydrogen (secondary N) is 1. The summed E-state index contributed by atoms with van der Waals surface area (Å²) in [6, 6.07) is 11.9. The van der Waals surface area contributed by atoms with Crippen molar-refractivity contribution in [2.24, 2.45) is 17.3 Å². The molecule has 378 valence electrons. The highest BCUT2D eigenvalue weighted by Crippen LogP contribution is 2.43. The van der Waals surface area contributed by atoms with E-state index in [9.17, 15) is 19.2 Å². The van der Waals surface area contributed by atoms with Crippen LogP contribution in [0.2, 0.25) is 0 Å². The number of likely N-dealkylation sites (tertiary alicyclic amines) is 1. The molecule has 4 saturated heterocycles. The maximum Gasteiger partial charge on any atom is 0.310 e. The van der Waals surface area contributed by atoms with E-state index in [1.807, 2.05) is 42.3 Å². The first-order valence-electron chi connectivity index (χ1n) is 24.9. The predicted molar refractivity (Wildman–Crippen MR) is 261 cm³/mol. The molecular weight excluding hydrogens is 913 g/mol. The summed E-state index contributed by atoms with van der Waals surface area (Å²) in [7, 11) is 1.65. The van der Waals surface area contributed by atoms with Crippen molar-refractivity contribution in [1.82, 2.24) is 34.7 Å². The molecule has 2 aromatic heterocycles. The second-order valence-corrected chi connectivity index (χ2v) is 20.9.